The molecule has 0 atom stereocenters. The van der Waals surface area contributed by atoms with Crippen LogP contribution < -0.4 is 5.32 Å². The van der Waals surface area contributed by atoms with Gasteiger partial charge >= 0.3 is 6.09 Å². The lowest BCUT2D eigenvalue weighted by Gasteiger charge is -2.35. The van der Waals surface area contributed by atoms with E-state index in [0.717, 1.165) is 31.6 Å². The van der Waals surface area contributed by atoms with E-state index in [4.69, 9.17) is 9.15 Å². The third-order valence-corrected chi connectivity index (χ3v) is 5.93. The number of carbonyl (C=O) groups is 2. The monoisotopic (exact) mass is 490 g/mol. The fraction of sp³-hybridized carbons (Fsp3) is 0.393. The van der Waals surface area contributed by atoms with E-state index in [1.165, 1.54) is 0 Å². The molecule has 0 aliphatic carbocycles. The number of piperazine rings is 1. The van der Waals surface area contributed by atoms with Crippen LogP contribution in [0, 0.1) is 0 Å². The second-order valence-electron chi connectivity index (χ2n) is 9.86. The van der Waals surface area contributed by atoms with Gasteiger partial charge in [0.05, 0.1) is 11.8 Å². The second-order valence-corrected chi connectivity index (χ2v) is 9.86. The van der Waals surface area contributed by atoms with Crippen molar-refractivity contribution in [1.29, 1.82) is 0 Å². The van der Waals surface area contributed by atoms with Gasteiger partial charge in [0.25, 0.3) is 5.91 Å². The predicted octanol–water partition coefficient (Wildman–Crippen LogP) is 4.68. The molecule has 2 amide bonds. The first-order valence-electron chi connectivity index (χ1n) is 12.4. The van der Waals surface area contributed by atoms with Crippen molar-refractivity contribution < 1.29 is 18.7 Å². The van der Waals surface area contributed by atoms with Gasteiger partial charge in [-0.15, -0.1) is 0 Å². The zero-order chi connectivity index (χ0) is 25.5. The molecule has 1 saturated heterocycles. The van der Waals surface area contributed by atoms with Crippen molar-refractivity contribution in [3.05, 3.63) is 66.4 Å². The van der Waals surface area contributed by atoms with E-state index in [-0.39, 0.29) is 12.0 Å². The van der Waals surface area contributed by atoms with Gasteiger partial charge in [0, 0.05) is 43.9 Å². The van der Waals surface area contributed by atoms with Gasteiger partial charge in [0.1, 0.15) is 5.60 Å². The number of ether oxygens (including phenoxy) is 1. The van der Waals surface area contributed by atoms with Crippen LogP contribution >= 0.6 is 0 Å². The molecule has 3 aromatic rings. The zero-order valence-corrected chi connectivity index (χ0v) is 21.2. The van der Waals surface area contributed by atoms with Crippen molar-refractivity contribution >= 4 is 12.0 Å². The summed E-state index contributed by atoms with van der Waals surface area (Å²) in [5.41, 5.74) is 1.65. The summed E-state index contributed by atoms with van der Waals surface area (Å²) in [7, 11) is 0. The van der Waals surface area contributed by atoms with E-state index in [9.17, 15) is 9.59 Å². The molecule has 2 heterocycles. The second kappa shape index (κ2) is 11.4. The van der Waals surface area contributed by atoms with E-state index in [1.807, 2.05) is 69.3 Å². The Hall–Kier alpha value is -3.65. The molecule has 1 aliphatic rings. The molecule has 1 N–H and O–H groups in total. The normalized spacial score (nSPS) is 14.5. The molecule has 36 heavy (non-hydrogen) atoms. The number of benzene rings is 2. The summed E-state index contributed by atoms with van der Waals surface area (Å²) in [6.07, 6.45) is 2.24. The van der Waals surface area contributed by atoms with Gasteiger partial charge in [0.15, 0.2) is 5.76 Å². The molecule has 8 nitrogen and oxygen atoms in total. The Balaban J connectivity index is 1.26. The molecular formula is C28H34N4O4. The first kappa shape index (κ1) is 25.4. The van der Waals surface area contributed by atoms with Gasteiger partial charge in [-0.25, -0.2) is 9.78 Å². The standard InChI is InChI=1S/C28H34N4O4/c1-28(2,3)36-27(34)32-18-16-31(17-19-32)15-9-14-29-25(33)22-12-7-8-13-23(22)26-30-20-24(35-26)21-10-5-4-6-11-21/h4-8,10-13,20H,9,14-19H2,1-3H3,(H,29,33). The molecule has 8 heteroatoms. The minimum Gasteiger partial charge on any atom is -0.444 e. The fourth-order valence-corrected chi connectivity index (χ4v) is 4.08. The van der Waals surface area contributed by atoms with Crippen molar-refractivity contribution in [2.45, 2.75) is 32.8 Å². The lowest BCUT2D eigenvalue weighted by molar-refractivity contribution is 0.0144. The minimum absolute atomic E-state index is 0.153. The number of hydrogen-bond acceptors (Lipinski definition) is 6. The van der Waals surface area contributed by atoms with Crippen LogP contribution in [-0.4, -0.2) is 71.7 Å². The Morgan fingerprint density at radius 1 is 1.00 bits per heavy atom. The Labute approximate surface area is 212 Å². The lowest BCUT2D eigenvalue weighted by atomic mass is 10.1. The highest BCUT2D eigenvalue weighted by Gasteiger charge is 2.25. The summed E-state index contributed by atoms with van der Waals surface area (Å²) in [6.45, 7) is 9.92. The van der Waals surface area contributed by atoms with Crippen LogP contribution in [0.4, 0.5) is 4.79 Å². The van der Waals surface area contributed by atoms with Crippen LogP contribution in [0.1, 0.15) is 37.6 Å². The Morgan fingerprint density at radius 2 is 1.69 bits per heavy atom. The minimum atomic E-state index is -0.484. The van der Waals surface area contributed by atoms with E-state index in [1.54, 1.807) is 17.2 Å². The summed E-state index contributed by atoms with van der Waals surface area (Å²) >= 11 is 0. The van der Waals surface area contributed by atoms with Crippen LogP contribution in [0.3, 0.4) is 0 Å². The van der Waals surface area contributed by atoms with Crippen molar-refractivity contribution in [1.82, 2.24) is 20.1 Å². The van der Waals surface area contributed by atoms with Crippen LogP contribution in [0.15, 0.2) is 65.2 Å². The summed E-state index contributed by atoms with van der Waals surface area (Å²) in [4.78, 5) is 33.6. The molecule has 1 aromatic heterocycles. The summed E-state index contributed by atoms with van der Waals surface area (Å²) in [5, 5.41) is 3.02. The number of carbonyl (C=O) groups excluding carboxylic acids is 2. The quantitative estimate of drug-likeness (QED) is 0.484. The number of rotatable bonds is 7. The van der Waals surface area contributed by atoms with Crippen LogP contribution in [0.5, 0.6) is 0 Å². The molecule has 0 radical (unpaired) electrons. The van der Waals surface area contributed by atoms with Crippen molar-refractivity contribution in [3.8, 4) is 22.8 Å². The molecule has 1 aliphatic heterocycles. The van der Waals surface area contributed by atoms with Crippen molar-refractivity contribution in [3.63, 3.8) is 0 Å². The molecule has 0 unspecified atom stereocenters. The number of amides is 2. The predicted molar refractivity (Wildman–Crippen MR) is 139 cm³/mol. The van der Waals surface area contributed by atoms with Gasteiger partial charge in [-0.1, -0.05) is 42.5 Å². The van der Waals surface area contributed by atoms with Crippen molar-refractivity contribution in [2.24, 2.45) is 0 Å². The number of hydrogen-bond donors (Lipinski definition) is 1. The van der Waals surface area contributed by atoms with E-state index < -0.39 is 5.60 Å². The number of aromatic nitrogens is 1. The SMILES string of the molecule is CC(C)(C)OC(=O)N1CCN(CCCNC(=O)c2ccccc2-c2ncc(-c3ccccc3)o2)CC1. The molecule has 4 rings (SSSR count). The number of nitrogens with one attached hydrogen (secondary N) is 1. The highest BCUT2D eigenvalue weighted by Crippen LogP contribution is 2.28. The molecule has 0 saturated carbocycles. The average molecular weight is 491 g/mol. The van der Waals surface area contributed by atoms with E-state index in [2.05, 4.69) is 15.2 Å². The molecule has 0 spiro atoms. The number of oxazole rings is 1. The molecular weight excluding hydrogens is 456 g/mol. The Kier molecular flexibility index (Phi) is 8.05. The van der Waals surface area contributed by atoms with E-state index >= 15 is 0 Å². The van der Waals surface area contributed by atoms with Gasteiger partial charge in [-0.05, 0) is 45.9 Å². The molecule has 1 fully saturated rings. The topological polar surface area (TPSA) is 87.9 Å². The fourth-order valence-electron chi connectivity index (χ4n) is 4.08. The number of nitrogens with zero attached hydrogens (tertiary/aromatic N) is 3. The van der Waals surface area contributed by atoms with Gasteiger partial charge < -0.3 is 19.4 Å². The van der Waals surface area contributed by atoms with Crippen LogP contribution in [-0.2, 0) is 4.74 Å². The van der Waals surface area contributed by atoms with Gasteiger partial charge in [-0.3, -0.25) is 9.69 Å². The summed E-state index contributed by atoms with van der Waals surface area (Å²) < 4.78 is 11.4. The third-order valence-electron chi connectivity index (χ3n) is 5.93. The van der Waals surface area contributed by atoms with Crippen LogP contribution in [0.25, 0.3) is 22.8 Å². The average Bonchev–Trinajstić information content (AvgIpc) is 3.37. The third kappa shape index (κ3) is 6.73. The van der Waals surface area contributed by atoms with Gasteiger partial charge in [-0.2, -0.15) is 0 Å². The maximum absolute atomic E-state index is 12.9. The molecule has 0 bridgehead atoms. The first-order chi connectivity index (χ1) is 17.3. The van der Waals surface area contributed by atoms with E-state index in [0.29, 0.717) is 42.4 Å². The van der Waals surface area contributed by atoms with Crippen molar-refractivity contribution in [2.75, 3.05) is 39.3 Å². The Morgan fingerprint density at radius 3 is 2.42 bits per heavy atom. The van der Waals surface area contributed by atoms with Crippen LogP contribution in [0.2, 0.25) is 0 Å². The first-order valence-corrected chi connectivity index (χ1v) is 12.4. The van der Waals surface area contributed by atoms with Gasteiger partial charge in [0.2, 0.25) is 5.89 Å². The molecule has 190 valence electrons. The lowest BCUT2D eigenvalue weighted by Crippen LogP contribution is -2.50. The Bertz CT molecular complexity index is 1160. The maximum Gasteiger partial charge on any atom is 0.410 e. The smallest absolute Gasteiger partial charge is 0.410 e. The maximum atomic E-state index is 12.9. The summed E-state index contributed by atoms with van der Waals surface area (Å²) in [5.74, 6) is 0.926. The highest BCUT2D eigenvalue weighted by atomic mass is 16.6. The molecule has 2 aromatic carbocycles. The zero-order valence-electron chi connectivity index (χ0n) is 21.2. The largest absolute Gasteiger partial charge is 0.444 e. The highest BCUT2D eigenvalue weighted by molar-refractivity contribution is 6.00. The summed E-state index contributed by atoms with van der Waals surface area (Å²) in [6, 6.07) is 17.1.